The summed E-state index contributed by atoms with van der Waals surface area (Å²) in [5.74, 6) is 0.0831. The Labute approximate surface area is 148 Å². The molecule has 0 aromatic heterocycles. The molecule has 1 fully saturated rings. The van der Waals surface area contributed by atoms with Gasteiger partial charge in [-0.1, -0.05) is 26.8 Å². The molecule has 6 heteroatoms. The van der Waals surface area contributed by atoms with Crippen LogP contribution in [0, 0.1) is 5.41 Å². The minimum absolute atomic E-state index is 0.0342. The number of carbonyl (C=O) groups excluding carboxylic acids is 1. The average Bonchev–Trinajstić information content (AvgIpc) is 2.76. The number of rotatable bonds is 1. The molecule has 2 atom stereocenters. The topological polar surface area (TPSA) is 86.9 Å². The van der Waals surface area contributed by atoms with Gasteiger partial charge in [-0.15, -0.1) is 0 Å². The molecular weight excluding hydrogens is 318 g/mol. The van der Waals surface area contributed by atoms with E-state index in [2.05, 4.69) is 32.9 Å². The molecule has 0 aliphatic carbocycles. The quantitative estimate of drug-likeness (QED) is 0.818. The van der Waals surface area contributed by atoms with Gasteiger partial charge in [0.25, 0.3) is 0 Å². The maximum atomic E-state index is 12.2. The number of hydrogen-bond acceptors (Lipinski definition) is 3. The van der Waals surface area contributed by atoms with Crippen LogP contribution in [0.1, 0.15) is 44.2 Å². The third-order valence-electron chi connectivity index (χ3n) is 5.43. The van der Waals surface area contributed by atoms with Crippen LogP contribution in [0.25, 0.3) is 0 Å². The first-order valence-electron chi connectivity index (χ1n) is 8.86. The van der Waals surface area contributed by atoms with Crippen LogP contribution in [0.3, 0.4) is 0 Å². The Hall–Kier alpha value is -2.08. The van der Waals surface area contributed by atoms with E-state index in [0.717, 1.165) is 11.3 Å². The zero-order valence-electron chi connectivity index (χ0n) is 15.2. The molecule has 1 aromatic carbocycles. The fourth-order valence-corrected chi connectivity index (χ4v) is 3.85. The summed E-state index contributed by atoms with van der Waals surface area (Å²) in [5, 5.41) is 9.48. The summed E-state index contributed by atoms with van der Waals surface area (Å²) in [6.45, 7) is 8.05. The molecule has 3 N–H and O–H groups in total. The number of fused-ring (bicyclic) bond motifs is 1. The normalized spacial score (nSPS) is 24.2. The van der Waals surface area contributed by atoms with Crippen molar-refractivity contribution in [2.75, 3.05) is 24.5 Å². The molecule has 3 rings (SSSR count). The van der Waals surface area contributed by atoms with E-state index in [1.807, 2.05) is 6.07 Å². The third kappa shape index (κ3) is 3.35. The highest BCUT2D eigenvalue weighted by molar-refractivity contribution is 5.99. The largest absolute Gasteiger partial charge is 0.465 e. The maximum absolute atomic E-state index is 12.2. The fraction of sp³-hybridized carbons (Fsp3) is 0.579. The zero-order chi connectivity index (χ0) is 18.4. The highest BCUT2D eigenvalue weighted by Crippen LogP contribution is 2.40. The van der Waals surface area contributed by atoms with E-state index in [-0.39, 0.29) is 17.2 Å². The number of nitrogens with two attached hydrogens (primary N) is 1. The van der Waals surface area contributed by atoms with Crippen LogP contribution in [0.2, 0.25) is 0 Å². The zero-order valence-corrected chi connectivity index (χ0v) is 15.2. The Bertz CT molecular complexity index is 696. The Kier molecular flexibility index (Phi) is 4.49. The van der Waals surface area contributed by atoms with Gasteiger partial charge in [0.15, 0.2) is 0 Å². The summed E-state index contributed by atoms with van der Waals surface area (Å²) < 4.78 is 0. The number of amides is 2. The Balaban J connectivity index is 1.98. The van der Waals surface area contributed by atoms with Crippen LogP contribution in [0.15, 0.2) is 18.2 Å². The Morgan fingerprint density at radius 3 is 2.56 bits per heavy atom. The van der Waals surface area contributed by atoms with Crippen molar-refractivity contribution >= 4 is 17.7 Å². The molecule has 2 heterocycles. The molecule has 0 spiro atoms. The molecule has 1 saturated heterocycles. The first-order valence-corrected chi connectivity index (χ1v) is 8.86. The predicted octanol–water partition coefficient (Wildman–Crippen LogP) is 2.42. The number of benzene rings is 1. The average molecular weight is 345 g/mol. The molecule has 2 aliphatic heterocycles. The van der Waals surface area contributed by atoms with E-state index in [0.29, 0.717) is 32.5 Å². The van der Waals surface area contributed by atoms with Gasteiger partial charge in [-0.05, 0) is 41.5 Å². The molecule has 1 unspecified atom stereocenters. The summed E-state index contributed by atoms with van der Waals surface area (Å²) >= 11 is 0. The predicted molar refractivity (Wildman–Crippen MR) is 96.9 cm³/mol. The molecule has 1 aromatic rings. The molecule has 25 heavy (non-hydrogen) atoms. The summed E-state index contributed by atoms with van der Waals surface area (Å²) in [5.41, 5.74) is 8.97. The van der Waals surface area contributed by atoms with Crippen LogP contribution in [-0.2, 0) is 11.2 Å². The van der Waals surface area contributed by atoms with Gasteiger partial charge in [-0.2, -0.15) is 0 Å². The molecule has 0 radical (unpaired) electrons. The Morgan fingerprint density at radius 1 is 1.28 bits per heavy atom. The van der Waals surface area contributed by atoms with Crippen molar-refractivity contribution in [3.05, 3.63) is 29.3 Å². The lowest BCUT2D eigenvalue weighted by Crippen LogP contribution is -2.36. The van der Waals surface area contributed by atoms with E-state index >= 15 is 0 Å². The van der Waals surface area contributed by atoms with Crippen molar-refractivity contribution in [1.29, 1.82) is 0 Å². The second kappa shape index (κ2) is 6.33. The monoisotopic (exact) mass is 345 g/mol. The number of carboxylic acid groups (broad SMARTS) is 1. The van der Waals surface area contributed by atoms with E-state index < -0.39 is 12.1 Å². The minimum atomic E-state index is -0.872. The SMILES string of the molecule is CC(C)(C)C1CN(C(=O)O)CCc2cc(N3CC[C@H](N)C3=O)ccc21. The summed E-state index contributed by atoms with van der Waals surface area (Å²) in [6, 6.07) is 5.69. The van der Waals surface area contributed by atoms with Gasteiger partial charge in [-0.25, -0.2) is 4.79 Å². The van der Waals surface area contributed by atoms with Gasteiger partial charge in [0.2, 0.25) is 5.91 Å². The van der Waals surface area contributed by atoms with Gasteiger partial charge >= 0.3 is 6.09 Å². The smallest absolute Gasteiger partial charge is 0.407 e. The number of carbonyl (C=O) groups is 2. The molecular formula is C19H27N3O3. The second-order valence-electron chi connectivity index (χ2n) is 8.17. The highest BCUT2D eigenvalue weighted by atomic mass is 16.4. The first-order chi connectivity index (χ1) is 11.7. The van der Waals surface area contributed by atoms with Crippen molar-refractivity contribution in [2.45, 2.75) is 45.6 Å². The Morgan fingerprint density at radius 2 is 2.00 bits per heavy atom. The standard InChI is InChI=1S/C19H27N3O3/c1-19(2,3)15-11-21(18(24)25)8-6-12-10-13(4-5-14(12)15)22-9-7-16(20)17(22)23/h4-5,10,15-16H,6-9,11,20H2,1-3H3,(H,24,25)/t15?,16-/m0/s1. The van der Waals surface area contributed by atoms with Gasteiger partial charge < -0.3 is 20.6 Å². The molecule has 0 saturated carbocycles. The van der Waals surface area contributed by atoms with Gasteiger partial charge in [-0.3, -0.25) is 4.79 Å². The lowest BCUT2D eigenvalue weighted by Gasteiger charge is -2.33. The van der Waals surface area contributed by atoms with E-state index in [9.17, 15) is 14.7 Å². The van der Waals surface area contributed by atoms with Crippen molar-refractivity contribution in [2.24, 2.45) is 11.1 Å². The van der Waals surface area contributed by atoms with E-state index in [4.69, 9.17) is 5.73 Å². The van der Waals surface area contributed by atoms with Crippen LogP contribution in [0.5, 0.6) is 0 Å². The fourth-order valence-electron chi connectivity index (χ4n) is 3.85. The lowest BCUT2D eigenvalue weighted by molar-refractivity contribution is -0.118. The molecule has 0 bridgehead atoms. The summed E-state index contributed by atoms with van der Waals surface area (Å²) in [6.07, 6.45) is 0.465. The molecule has 136 valence electrons. The maximum Gasteiger partial charge on any atom is 0.407 e. The minimum Gasteiger partial charge on any atom is -0.465 e. The van der Waals surface area contributed by atoms with Crippen LogP contribution < -0.4 is 10.6 Å². The number of nitrogens with zero attached hydrogens (tertiary/aromatic N) is 2. The van der Waals surface area contributed by atoms with Crippen molar-refractivity contribution in [3.63, 3.8) is 0 Å². The van der Waals surface area contributed by atoms with Crippen LogP contribution in [-0.4, -0.2) is 47.7 Å². The van der Waals surface area contributed by atoms with Crippen molar-refractivity contribution in [3.8, 4) is 0 Å². The van der Waals surface area contributed by atoms with Crippen molar-refractivity contribution < 1.29 is 14.7 Å². The van der Waals surface area contributed by atoms with Gasteiger partial charge in [0.05, 0.1) is 6.04 Å². The molecule has 2 amide bonds. The van der Waals surface area contributed by atoms with E-state index in [1.54, 1.807) is 4.90 Å². The van der Waals surface area contributed by atoms with Gasteiger partial charge in [0.1, 0.15) is 0 Å². The van der Waals surface area contributed by atoms with Crippen LogP contribution >= 0.6 is 0 Å². The van der Waals surface area contributed by atoms with Gasteiger partial charge in [0, 0.05) is 31.2 Å². The third-order valence-corrected chi connectivity index (χ3v) is 5.43. The van der Waals surface area contributed by atoms with Crippen LogP contribution in [0.4, 0.5) is 10.5 Å². The van der Waals surface area contributed by atoms with E-state index in [1.165, 1.54) is 10.5 Å². The molecule has 6 nitrogen and oxygen atoms in total. The highest BCUT2D eigenvalue weighted by Gasteiger charge is 2.35. The molecule has 2 aliphatic rings. The first kappa shape index (κ1) is 17.7. The summed E-state index contributed by atoms with van der Waals surface area (Å²) in [7, 11) is 0. The lowest BCUT2D eigenvalue weighted by atomic mass is 9.75. The number of anilines is 1. The summed E-state index contributed by atoms with van der Waals surface area (Å²) in [4.78, 5) is 27.0. The second-order valence-corrected chi connectivity index (χ2v) is 8.17. The number of hydrogen-bond donors (Lipinski definition) is 2. The van der Waals surface area contributed by atoms with Crippen molar-refractivity contribution in [1.82, 2.24) is 4.90 Å².